The van der Waals surface area contributed by atoms with Gasteiger partial charge >= 0.3 is 7.63 Å². The molecular formula is C16H27ClOSi. The fourth-order valence-electron chi connectivity index (χ4n) is 2.35. The first-order valence-electron chi connectivity index (χ1n) is 7.61. The van der Waals surface area contributed by atoms with Crippen LogP contribution in [-0.4, -0.2) is 14.2 Å². The summed E-state index contributed by atoms with van der Waals surface area (Å²) in [7, 11) is -2.22. The standard InChI is InChI=1S/C16H27ClOSi/c1-3-5-6-7-8-12-15-19(17,18-4-2)16-13-10-9-11-14-16/h9-11,13-14H,3-8,12,15H2,1-2H3. The Morgan fingerprint density at radius 3 is 2.21 bits per heavy atom. The summed E-state index contributed by atoms with van der Waals surface area (Å²) in [5.41, 5.74) is 0. The Balaban J connectivity index is 2.44. The molecule has 0 aliphatic heterocycles. The van der Waals surface area contributed by atoms with Gasteiger partial charge in [-0.25, -0.2) is 0 Å². The van der Waals surface area contributed by atoms with Crippen LogP contribution in [-0.2, 0) is 4.43 Å². The van der Waals surface area contributed by atoms with Crippen LogP contribution in [0.5, 0.6) is 0 Å². The van der Waals surface area contributed by atoms with Crippen LogP contribution in [0.3, 0.4) is 0 Å². The van der Waals surface area contributed by atoms with Crippen molar-refractivity contribution >= 4 is 23.9 Å². The third kappa shape index (κ3) is 6.11. The number of benzene rings is 1. The molecule has 0 saturated heterocycles. The molecule has 0 amide bonds. The van der Waals surface area contributed by atoms with E-state index in [2.05, 4.69) is 31.2 Å². The van der Waals surface area contributed by atoms with Gasteiger partial charge in [0.2, 0.25) is 0 Å². The molecular weight excluding hydrogens is 272 g/mol. The molecule has 0 N–H and O–H groups in total. The summed E-state index contributed by atoms with van der Waals surface area (Å²) in [6.07, 6.45) is 7.81. The molecule has 3 heteroatoms. The van der Waals surface area contributed by atoms with Crippen molar-refractivity contribution in [3.05, 3.63) is 30.3 Å². The Morgan fingerprint density at radius 1 is 0.947 bits per heavy atom. The molecule has 0 saturated carbocycles. The van der Waals surface area contributed by atoms with Crippen molar-refractivity contribution in [2.24, 2.45) is 0 Å². The average molecular weight is 299 g/mol. The van der Waals surface area contributed by atoms with Crippen molar-refractivity contribution in [1.82, 2.24) is 0 Å². The van der Waals surface area contributed by atoms with Gasteiger partial charge in [-0.2, -0.15) is 0 Å². The molecule has 1 aromatic carbocycles. The zero-order chi connectivity index (χ0) is 14.0. The lowest BCUT2D eigenvalue weighted by Gasteiger charge is -2.24. The van der Waals surface area contributed by atoms with Crippen molar-refractivity contribution in [3.8, 4) is 0 Å². The van der Waals surface area contributed by atoms with Crippen LogP contribution in [0.2, 0.25) is 6.04 Å². The van der Waals surface area contributed by atoms with Crippen LogP contribution in [0.4, 0.5) is 0 Å². The molecule has 0 radical (unpaired) electrons. The minimum absolute atomic E-state index is 0.709. The SMILES string of the molecule is CCCCCCCC[Si](Cl)(OCC)c1ccccc1. The van der Waals surface area contributed by atoms with Crippen LogP contribution in [0.15, 0.2) is 30.3 Å². The van der Waals surface area contributed by atoms with Crippen LogP contribution < -0.4 is 5.19 Å². The van der Waals surface area contributed by atoms with E-state index in [1.165, 1.54) is 43.7 Å². The first-order valence-corrected chi connectivity index (χ1v) is 10.7. The predicted octanol–water partition coefficient (Wildman–Crippen LogP) is 4.97. The second-order valence-electron chi connectivity index (χ2n) is 5.05. The van der Waals surface area contributed by atoms with Gasteiger partial charge in [0.15, 0.2) is 0 Å². The van der Waals surface area contributed by atoms with E-state index in [9.17, 15) is 0 Å². The average Bonchev–Trinajstić information content (AvgIpc) is 2.44. The van der Waals surface area contributed by atoms with E-state index >= 15 is 0 Å². The van der Waals surface area contributed by atoms with Crippen LogP contribution >= 0.6 is 11.1 Å². The Bertz CT molecular complexity index is 331. The van der Waals surface area contributed by atoms with Gasteiger partial charge in [-0.15, -0.1) is 11.1 Å². The minimum Gasteiger partial charge on any atom is -0.400 e. The smallest absolute Gasteiger partial charge is 0.322 e. The molecule has 19 heavy (non-hydrogen) atoms. The second-order valence-corrected chi connectivity index (χ2v) is 9.70. The van der Waals surface area contributed by atoms with Gasteiger partial charge in [0.05, 0.1) is 0 Å². The van der Waals surface area contributed by atoms with Gasteiger partial charge in [0, 0.05) is 6.61 Å². The maximum absolute atomic E-state index is 6.82. The molecule has 0 spiro atoms. The Labute approximate surface area is 124 Å². The molecule has 0 fully saturated rings. The maximum atomic E-state index is 6.82. The van der Waals surface area contributed by atoms with Crippen LogP contribution in [0.1, 0.15) is 52.4 Å². The zero-order valence-corrected chi connectivity index (χ0v) is 14.1. The van der Waals surface area contributed by atoms with Gasteiger partial charge < -0.3 is 4.43 Å². The highest BCUT2D eigenvalue weighted by molar-refractivity contribution is 7.23. The zero-order valence-electron chi connectivity index (χ0n) is 12.3. The normalized spacial score (nSPS) is 14.3. The van der Waals surface area contributed by atoms with Crippen LogP contribution in [0, 0.1) is 0 Å². The number of hydrogen-bond acceptors (Lipinski definition) is 1. The Kier molecular flexibility index (Phi) is 8.43. The molecule has 108 valence electrons. The molecule has 0 aliphatic rings. The monoisotopic (exact) mass is 298 g/mol. The first-order chi connectivity index (χ1) is 9.23. The number of halogens is 1. The molecule has 0 heterocycles. The quantitative estimate of drug-likeness (QED) is 0.336. The van der Waals surface area contributed by atoms with Crippen molar-refractivity contribution in [1.29, 1.82) is 0 Å². The lowest BCUT2D eigenvalue weighted by Crippen LogP contribution is -2.45. The summed E-state index contributed by atoms with van der Waals surface area (Å²) in [5.74, 6) is 0. The van der Waals surface area contributed by atoms with Gasteiger partial charge in [0.1, 0.15) is 0 Å². The predicted molar refractivity (Wildman–Crippen MR) is 87.5 cm³/mol. The third-order valence-electron chi connectivity index (χ3n) is 3.43. The summed E-state index contributed by atoms with van der Waals surface area (Å²) in [5, 5.41) is 1.21. The van der Waals surface area contributed by atoms with E-state index < -0.39 is 7.63 Å². The number of hydrogen-bond donors (Lipinski definition) is 0. The van der Waals surface area contributed by atoms with Crippen molar-refractivity contribution in [2.45, 2.75) is 58.4 Å². The van der Waals surface area contributed by atoms with E-state index in [1.54, 1.807) is 0 Å². The molecule has 1 aromatic rings. The van der Waals surface area contributed by atoms with Gasteiger partial charge in [0.25, 0.3) is 0 Å². The first kappa shape index (κ1) is 16.7. The highest BCUT2D eigenvalue weighted by atomic mass is 35.6. The second kappa shape index (κ2) is 9.57. The summed E-state index contributed by atoms with van der Waals surface area (Å²) in [4.78, 5) is 0. The van der Waals surface area contributed by atoms with Crippen molar-refractivity contribution < 1.29 is 4.43 Å². The largest absolute Gasteiger partial charge is 0.400 e. The van der Waals surface area contributed by atoms with Crippen molar-refractivity contribution in [2.75, 3.05) is 6.61 Å². The fourth-order valence-corrected chi connectivity index (χ4v) is 5.91. The van der Waals surface area contributed by atoms with Gasteiger partial charge in [-0.1, -0.05) is 75.8 Å². The maximum Gasteiger partial charge on any atom is 0.322 e. The topological polar surface area (TPSA) is 9.23 Å². The minimum atomic E-state index is -2.22. The lowest BCUT2D eigenvalue weighted by molar-refractivity contribution is 0.342. The highest BCUT2D eigenvalue weighted by Gasteiger charge is 2.34. The molecule has 0 aliphatic carbocycles. The van der Waals surface area contributed by atoms with Crippen LogP contribution in [0.25, 0.3) is 0 Å². The fraction of sp³-hybridized carbons (Fsp3) is 0.625. The lowest BCUT2D eigenvalue weighted by atomic mass is 10.1. The van der Waals surface area contributed by atoms with Gasteiger partial charge in [-0.05, 0) is 18.2 Å². The van der Waals surface area contributed by atoms with Gasteiger partial charge in [-0.3, -0.25) is 0 Å². The van der Waals surface area contributed by atoms with E-state index in [-0.39, 0.29) is 0 Å². The number of unbranched alkanes of at least 4 members (excludes halogenated alkanes) is 5. The van der Waals surface area contributed by atoms with E-state index in [0.717, 1.165) is 6.04 Å². The highest BCUT2D eigenvalue weighted by Crippen LogP contribution is 2.21. The van der Waals surface area contributed by atoms with E-state index in [1.807, 2.05) is 13.0 Å². The summed E-state index contributed by atoms with van der Waals surface area (Å²) >= 11 is 6.82. The van der Waals surface area contributed by atoms with E-state index in [0.29, 0.717) is 6.61 Å². The summed E-state index contributed by atoms with van der Waals surface area (Å²) < 4.78 is 5.95. The molecule has 0 bridgehead atoms. The molecule has 1 nitrogen and oxygen atoms in total. The third-order valence-corrected chi connectivity index (χ3v) is 7.92. The Hall–Kier alpha value is -0.313. The Morgan fingerprint density at radius 2 is 1.58 bits per heavy atom. The van der Waals surface area contributed by atoms with E-state index in [4.69, 9.17) is 15.5 Å². The summed E-state index contributed by atoms with van der Waals surface area (Å²) in [6, 6.07) is 11.4. The summed E-state index contributed by atoms with van der Waals surface area (Å²) in [6.45, 7) is 5.00. The molecule has 1 atom stereocenters. The number of rotatable bonds is 10. The molecule has 1 unspecified atom stereocenters. The molecule has 0 aromatic heterocycles. The van der Waals surface area contributed by atoms with Crippen molar-refractivity contribution in [3.63, 3.8) is 0 Å². The molecule has 1 rings (SSSR count).